The van der Waals surface area contributed by atoms with Crippen LogP contribution in [0, 0.1) is 0 Å². The molecule has 1 aromatic carbocycles. The highest BCUT2D eigenvalue weighted by molar-refractivity contribution is 8.00. The van der Waals surface area contributed by atoms with Gasteiger partial charge in [-0.3, -0.25) is 0 Å². The van der Waals surface area contributed by atoms with Gasteiger partial charge >= 0.3 is 5.51 Å². The van der Waals surface area contributed by atoms with Crippen molar-refractivity contribution >= 4 is 11.8 Å². The molecule has 3 N–H and O–H groups in total. The van der Waals surface area contributed by atoms with Gasteiger partial charge < -0.3 is 11.1 Å². The first-order valence-electron chi connectivity index (χ1n) is 4.69. The molecule has 6 heteroatoms. The molecule has 1 aromatic rings. The molecule has 1 unspecified atom stereocenters. The van der Waals surface area contributed by atoms with Gasteiger partial charge in [0.15, 0.2) is 0 Å². The van der Waals surface area contributed by atoms with E-state index in [0.29, 0.717) is 6.54 Å². The predicted octanol–water partition coefficient (Wildman–Crippen LogP) is 2.52. The van der Waals surface area contributed by atoms with Crippen LogP contribution in [0.25, 0.3) is 0 Å². The summed E-state index contributed by atoms with van der Waals surface area (Å²) in [4.78, 5) is 0.183. The number of halogens is 3. The molecular weight excluding hydrogens is 237 g/mol. The van der Waals surface area contributed by atoms with Gasteiger partial charge in [0.25, 0.3) is 0 Å². The number of benzene rings is 1. The highest BCUT2D eigenvalue weighted by atomic mass is 32.2. The maximum Gasteiger partial charge on any atom is 0.446 e. The monoisotopic (exact) mass is 250 g/mol. The Morgan fingerprint density at radius 2 is 1.88 bits per heavy atom. The van der Waals surface area contributed by atoms with E-state index in [0.717, 1.165) is 5.56 Å². The highest BCUT2D eigenvalue weighted by Gasteiger charge is 2.29. The molecule has 0 saturated heterocycles. The number of nitrogens with one attached hydrogen (secondary N) is 1. The van der Waals surface area contributed by atoms with Crippen molar-refractivity contribution in [2.75, 3.05) is 13.6 Å². The van der Waals surface area contributed by atoms with Crippen molar-refractivity contribution in [1.29, 1.82) is 0 Å². The molecule has 16 heavy (non-hydrogen) atoms. The van der Waals surface area contributed by atoms with Crippen LogP contribution in [0.15, 0.2) is 29.2 Å². The highest BCUT2D eigenvalue weighted by Crippen LogP contribution is 2.36. The quantitative estimate of drug-likeness (QED) is 0.806. The zero-order chi connectivity index (χ0) is 12.2. The standard InChI is InChI=1S/C10H13F3N2S/c1-15-9(6-14)7-2-4-8(5-3-7)16-10(11,12)13/h2-5,9,15H,6,14H2,1H3. The van der Waals surface area contributed by atoms with Crippen molar-refractivity contribution < 1.29 is 13.2 Å². The maximum absolute atomic E-state index is 12.1. The average molecular weight is 250 g/mol. The van der Waals surface area contributed by atoms with Crippen molar-refractivity contribution in [3.05, 3.63) is 29.8 Å². The summed E-state index contributed by atoms with van der Waals surface area (Å²) in [5, 5.41) is 2.98. The minimum atomic E-state index is -4.24. The second kappa shape index (κ2) is 5.56. The first kappa shape index (κ1) is 13.3. The van der Waals surface area contributed by atoms with E-state index < -0.39 is 5.51 Å². The van der Waals surface area contributed by atoms with E-state index in [1.807, 2.05) is 0 Å². The predicted molar refractivity (Wildman–Crippen MR) is 59.2 cm³/mol. The van der Waals surface area contributed by atoms with E-state index in [-0.39, 0.29) is 22.7 Å². The molecule has 0 radical (unpaired) electrons. The zero-order valence-electron chi connectivity index (χ0n) is 8.71. The number of hydrogen-bond acceptors (Lipinski definition) is 3. The molecule has 1 atom stereocenters. The summed E-state index contributed by atoms with van der Waals surface area (Å²) in [6.45, 7) is 0.405. The lowest BCUT2D eigenvalue weighted by Crippen LogP contribution is -2.24. The van der Waals surface area contributed by atoms with E-state index in [1.54, 1.807) is 19.2 Å². The van der Waals surface area contributed by atoms with Gasteiger partial charge in [-0.2, -0.15) is 13.2 Å². The molecule has 0 bridgehead atoms. The lowest BCUT2D eigenvalue weighted by molar-refractivity contribution is -0.0328. The third-order valence-corrected chi connectivity index (χ3v) is 2.84. The van der Waals surface area contributed by atoms with Gasteiger partial charge in [0.1, 0.15) is 0 Å². The lowest BCUT2D eigenvalue weighted by atomic mass is 10.1. The van der Waals surface area contributed by atoms with Gasteiger partial charge in [-0.1, -0.05) is 12.1 Å². The first-order valence-corrected chi connectivity index (χ1v) is 5.51. The van der Waals surface area contributed by atoms with Crippen LogP contribution in [0.4, 0.5) is 13.2 Å². The third kappa shape index (κ3) is 4.03. The van der Waals surface area contributed by atoms with Crippen LogP contribution in [0.2, 0.25) is 0 Å². The normalized spacial score (nSPS) is 13.8. The maximum atomic E-state index is 12.1. The average Bonchev–Trinajstić information content (AvgIpc) is 2.20. The number of nitrogens with two attached hydrogens (primary N) is 1. The second-order valence-corrected chi connectivity index (χ2v) is 4.33. The van der Waals surface area contributed by atoms with E-state index >= 15 is 0 Å². The van der Waals surface area contributed by atoms with Crippen LogP contribution in [0.3, 0.4) is 0 Å². The van der Waals surface area contributed by atoms with E-state index in [2.05, 4.69) is 5.32 Å². The molecule has 0 aliphatic carbocycles. The minimum absolute atomic E-state index is 0.0232. The Morgan fingerprint density at radius 1 is 1.31 bits per heavy atom. The van der Waals surface area contributed by atoms with Crippen LogP contribution < -0.4 is 11.1 Å². The number of rotatable bonds is 4. The van der Waals surface area contributed by atoms with Crippen LogP contribution >= 0.6 is 11.8 Å². The number of likely N-dealkylation sites (N-methyl/N-ethyl adjacent to an activating group) is 1. The zero-order valence-corrected chi connectivity index (χ0v) is 9.53. The lowest BCUT2D eigenvalue weighted by Gasteiger charge is -2.14. The summed E-state index contributed by atoms with van der Waals surface area (Å²) in [6, 6.07) is 6.19. The molecule has 1 rings (SSSR count). The molecule has 0 spiro atoms. The number of alkyl halides is 3. The van der Waals surface area contributed by atoms with Crippen LogP contribution in [-0.4, -0.2) is 19.1 Å². The van der Waals surface area contributed by atoms with Crippen molar-refractivity contribution in [3.8, 4) is 0 Å². The number of thioether (sulfide) groups is 1. The molecule has 0 fully saturated rings. The van der Waals surface area contributed by atoms with Gasteiger partial charge in [0.05, 0.1) is 0 Å². The van der Waals surface area contributed by atoms with Crippen LogP contribution in [0.5, 0.6) is 0 Å². The Balaban J connectivity index is 2.75. The Labute approximate surface area is 96.4 Å². The Morgan fingerprint density at radius 3 is 2.25 bits per heavy atom. The second-order valence-electron chi connectivity index (χ2n) is 3.19. The fraction of sp³-hybridized carbons (Fsp3) is 0.400. The molecular formula is C10H13F3N2S. The van der Waals surface area contributed by atoms with Gasteiger partial charge in [-0.25, -0.2) is 0 Å². The summed E-state index contributed by atoms with van der Waals surface area (Å²) in [5.41, 5.74) is 2.15. The van der Waals surface area contributed by atoms with Crippen molar-refractivity contribution in [3.63, 3.8) is 0 Å². The largest absolute Gasteiger partial charge is 0.446 e. The minimum Gasteiger partial charge on any atom is -0.329 e. The molecule has 0 heterocycles. The SMILES string of the molecule is CNC(CN)c1ccc(SC(F)(F)F)cc1. The van der Waals surface area contributed by atoms with Crippen molar-refractivity contribution in [2.24, 2.45) is 5.73 Å². The van der Waals surface area contributed by atoms with E-state index in [9.17, 15) is 13.2 Å². The summed E-state index contributed by atoms with van der Waals surface area (Å²) in [6.07, 6.45) is 0. The first-order chi connectivity index (χ1) is 7.46. The molecule has 2 nitrogen and oxygen atoms in total. The molecule has 0 aliphatic rings. The molecule has 0 amide bonds. The van der Waals surface area contributed by atoms with Gasteiger partial charge in [0.2, 0.25) is 0 Å². The van der Waals surface area contributed by atoms with E-state index in [4.69, 9.17) is 5.73 Å². The fourth-order valence-electron chi connectivity index (χ4n) is 1.32. The van der Waals surface area contributed by atoms with Crippen LogP contribution in [0.1, 0.15) is 11.6 Å². The Hall–Kier alpha value is -0.720. The Kier molecular flexibility index (Phi) is 4.64. The summed E-state index contributed by atoms with van der Waals surface area (Å²) in [7, 11) is 1.76. The smallest absolute Gasteiger partial charge is 0.329 e. The van der Waals surface area contributed by atoms with Gasteiger partial charge in [-0.15, -0.1) is 0 Å². The molecule has 0 aromatic heterocycles. The Bertz CT molecular complexity index is 320. The summed E-state index contributed by atoms with van der Waals surface area (Å²) < 4.78 is 36.2. The van der Waals surface area contributed by atoms with Crippen molar-refractivity contribution in [2.45, 2.75) is 16.4 Å². The van der Waals surface area contributed by atoms with Crippen LogP contribution in [-0.2, 0) is 0 Å². The molecule has 0 saturated carbocycles. The van der Waals surface area contributed by atoms with Gasteiger partial charge in [-0.05, 0) is 36.5 Å². The molecule has 90 valence electrons. The fourth-order valence-corrected chi connectivity index (χ4v) is 1.86. The summed E-state index contributed by atoms with van der Waals surface area (Å²) in [5.74, 6) is 0. The summed E-state index contributed by atoms with van der Waals surface area (Å²) >= 11 is -0.115. The van der Waals surface area contributed by atoms with Crippen molar-refractivity contribution in [1.82, 2.24) is 5.32 Å². The van der Waals surface area contributed by atoms with Gasteiger partial charge in [0, 0.05) is 17.5 Å². The molecule has 0 aliphatic heterocycles. The number of hydrogen-bond donors (Lipinski definition) is 2. The topological polar surface area (TPSA) is 38.0 Å². The third-order valence-electron chi connectivity index (χ3n) is 2.10. The van der Waals surface area contributed by atoms with E-state index in [1.165, 1.54) is 12.1 Å².